The Hall–Kier alpha value is -0.930. The third kappa shape index (κ3) is 3.21. The van der Waals surface area contributed by atoms with Crippen molar-refractivity contribution in [2.45, 2.75) is 64.2 Å². The monoisotopic (exact) mass is 294 g/mol. The second-order valence-electron chi connectivity index (χ2n) is 7.00. The standard InChI is InChI=1S/C16H23ClN2O/c1-15(2)9-14(18-20)10-16(3,4)19(15)11-12-5-7-13(17)8-6-12/h5-8,14H,9-11H2,1-4H3. The lowest BCUT2D eigenvalue weighted by Crippen LogP contribution is -2.60. The highest BCUT2D eigenvalue weighted by Crippen LogP contribution is 2.40. The minimum atomic E-state index is -0.0820. The molecule has 0 aromatic heterocycles. The number of likely N-dealkylation sites (tertiary alicyclic amines) is 1. The number of halogens is 1. The Balaban J connectivity index is 2.24. The van der Waals surface area contributed by atoms with Gasteiger partial charge in [-0.1, -0.05) is 28.9 Å². The molecule has 0 bridgehead atoms. The van der Waals surface area contributed by atoms with Crippen molar-refractivity contribution in [2.24, 2.45) is 5.18 Å². The van der Waals surface area contributed by atoms with Crippen LogP contribution in [0.25, 0.3) is 0 Å². The molecule has 0 atom stereocenters. The number of rotatable bonds is 3. The van der Waals surface area contributed by atoms with Crippen LogP contribution >= 0.6 is 11.6 Å². The van der Waals surface area contributed by atoms with Gasteiger partial charge in [-0.3, -0.25) is 4.90 Å². The van der Waals surface area contributed by atoms with Crippen LogP contribution in [0, 0.1) is 4.91 Å². The molecule has 0 spiro atoms. The summed E-state index contributed by atoms with van der Waals surface area (Å²) < 4.78 is 0. The minimum Gasteiger partial charge on any atom is -0.289 e. The fourth-order valence-electron chi connectivity index (χ4n) is 3.54. The highest BCUT2D eigenvalue weighted by atomic mass is 35.5. The maximum Gasteiger partial charge on any atom is 0.0954 e. The molecule has 1 aromatic rings. The van der Waals surface area contributed by atoms with E-state index in [0.717, 1.165) is 24.4 Å². The van der Waals surface area contributed by atoms with E-state index in [9.17, 15) is 4.91 Å². The summed E-state index contributed by atoms with van der Waals surface area (Å²) in [6, 6.07) is 7.91. The van der Waals surface area contributed by atoms with Gasteiger partial charge in [0.15, 0.2) is 0 Å². The predicted molar refractivity (Wildman–Crippen MR) is 84.0 cm³/mol. The number of nitrogens with zero attached hydrogens (tertiary/aromatic N) is 2. The summed E-state index contributed by atoms with van der Waals surface area (Å²) in [7, 11) is 0. The van der Waals surface area contributed by atoms with E-state index < -0.39 is 0 Å². The van der Waals surface area contributed by atoms with Crippen LogP contribution in [-0.4, -0.2) is 22.0 Å². The molecule has 3 nitrogen and oxygen atoms in total. The van der Waals surface area contributed by atoms with Crippen LogP contribution < -0.4 is 0 Å². The van der Waals surface area contributed by atoms with Crippen molar-refractivity contribution in [3.63, 3.8) is 0 Å². The van der Waals surface area contributed by atoms with Crippen LogP contribution in [0.1, 0.15) is 46.1 Å². The number of piperidine rings is 1. The smallest absolute Gasteiger partial charge is 0.0954 e. The van der Waals surface area contributed by atoms with E-state index in [1.807, 2.05) is 12.1 Å². The number of hydrogen-bond donors (Lipinski definition) is 0. The third-order valence-electron chi connectivity index (χ3n) is 4.33. The van der Waals surface area contributed by atoms with Gasteiger partial charge < -0.3 is 0 Å². The van der Waals surface area contributed by atoms with Crippen molar-refractivity contribution in [1.82, 2.24) is 4.90 Å². The summed E-state index contributed by atoms with van der Waals surface area (Å²) in [6.45, 7) is 9.65. The average Bonchev–Trinajstić information content (AvgIpc) is 2.35. The maximum absolute atomic E-state index is 11.0. The van der Waals surface area contributed by atoms with Gasteiger partial charge in [0, 0.05) is 22.6 Å². The average molecular weight is 295 g/mol. The zero-order chi connectivity index (χ0) is 15.0. The highest BCUT2D eigenvalue weighted by Gasteiger charge is 2.45. The molecule has 1 saturated heterocycles. The van der Waals surface area contributed by atoms with Crippen molar-refractivity contribution in [1.29, 1.82) is 0 Å². The summed E-state index contributed by atoms with van der Waals surface area (Å²) in [5.74, 6) is 0. The Bertz CT molecular complexity index is 464. The first-order chi connectivity index (χ1) is 9.24. The first-order valence-electron chi connectivity index (χ1n) is 7.09. The molecule has 1 aliphatic heterocycles. The Morgan fingerprint density at radius 3 is 2.10 bits per heavy atom. The lowest BCUT2D eigenvalue weighted by molar-refractivity contribution is -0.0416. The van der Waals surface area contributed by atoms with Crippen LogP contribution in [0.15, 0.2) is 29.4 Å². The summed E-state index contributed by atoms with van der Waals surface area (Å²) in [6.07, 6.45) is 1.63. The van der Waals surface area contributed by atoms with Gasteiger partial charge in [-0.25, -0.2) is 0 Å². The quantitative estimate of drug-likeness (QED) is 0.762. The van der Waals surface area contributed by atoms with E-state index in [2.05, 4.69) is 49.9 Å². The molecule has 0 N–H and O–H groups in total. The van der Waals surface area contributed by atoms with Crippen LogP contribution in [0.3, 0.4) is 0 Å². The summed E-state index contributed by atoms with van der Waals surface area (Å²) in [5, 5.41) is 4.06. The first kappa shape index (κ1) is 15.5. The fraction of sp³-hybridized carbons (Fsp3) is 0.625. The molecular formula is C16H23ClN2O. The van der Waals surface area contributed by atoms with Gasteiger partial charge in [0.25, 0.3) is 0 Å². The molecule has 0 aliphatic carbocycles. The van der Waals surface area contributed by atoms with Crippen molar-refractivity contribution in [3.05, 3.63) is 39.8 Å². The lowest BCUT2D eigenvalue weighted by Gasteiger charge is -2.54. The van der Waals surface area contributed by atoms with Gasteiger partial charge in [0.2, 0.25) is 0 Å². The van der Waals surface area contributed by atoms with Gasteiger partial charge in [0.05, 0.1) is 6.04 Å². The zero-order valence-corrected chi connectivity index (χ0v) is 13.4. The normalized spacial score (nSPS) is 22.6. The second-order valence-corrected chi connectivity index (χ2v) is 7.44. The number of hydrogen-bond acceptors (Lipinski definition) is 3. The number of benzene rings is 1. The molecule has 1 aliphatic rings. The summed E-state index contributed by atoms with van der Waals surface area (Å²) >= 11 is 5.94. The molecule has 1 heterocycles. The maximum atomic E-state index is 11.0. The Labute approximate surface area is 126 Å². The highest BCUT2D eigenvalue weighted by molar-refractivity contribution is 6.30. The molecule has 1 fully saturated rings. The van der Waals surface area contributed by atoms with Crippen molar-refractivity contribution < 1.29 is 0 Å². The predicted octanol–water partition coefficient (Wildman–Crippen LogP) is 4.63. The van der Waals surface area contributed by atoms with E-state index in [1.165, 1.54) is 5.56 Å². The van der Waals surface area contributed by atoms with Crippen LogP contribution in [0.2, 0.25) is 5.02 Å². The van der Waals surface area contributed by atoms with E-state index in [-0.39, 0.29) is 17.1 Å². The molecular weight excluding hydrogens is 272 g/mol. The molecule has 20 heavy (non-hydrogen) atoms. The molecule has 0 amide bonds. The van der Waals surface area contributed by atoms with Crippen LogP contribution in [-0.2, 0) is 6.54 Å². The fourth-order valence-corrected chi connectivity index (χ4v) is 3.67. The Morgan fingerprint density at radius 2 is 1.65 bits per heavy atom. The van der Waals surface area contributed by atoms with Crippen LogP contribution in [0.5, 0.6) is 0 Å². The topological polar surface area (TPSA) is 32.7 Å². The molecule has 4 heteroatoms. The molecule has 0 unspecified atom stereocenters. The van der Waals surface area contributed by atoms with Crippen LogP contribution in [0.4, 0.5) is 0 Å². The van der Waals surface area contributed by atoms with Gasteiger partial charge in [0.1, 0.15) is 0 Å². The molecule has 0 saturated carbocycles. The summed E-state index contributed by atoms with van der Waals surface area (Å²) in [5.41, 5.74) is 1.16. The van der Waals surface area contributed by atoms with E-state index >= 15 is 0 Å². The molecule has 110 valence electrons. The summed E-state index contributed by atoms with van der Waals surface area (Å²) in [4.78, 5) is 13.4. The van der Waals surface area contributed by atoms with Gasteiger partial charge in [-0.15, -0.1) is 0 Å². The SMILES string of the molecule is CC1(C)CC(N=O)CC(C)(C)N1Cc1ccc(Cl)cc1. The largest absolute Gasteiger partial charge is 0.289 e. The molecule has 2 rings (SSSR count). The van der Waals surface area contributed by atoms with E-state index in [4.69, 9.17) is 11.6 Å². The first-order valence-corrected chi connectivity index (χ1v) is 7.47. The van der Waals surface area contributed by atoms with E-state index in [1.54, 1.807) is 0 Å². The third-order valence-corrected chi connectivity index (χ3v) is 4.59. The van der Waals surface area contributed by atoms with E-state index in [0.29, 0.717) is 0 Å². The van der Waals surface area contributed by atoms with Crippen molar-refractivity contribution in [3.8, 4) is 0 Å². The molecule has 1 aromatic carbocycles. The van der Waals surface area contributed by atoms with Crippen molar-refractivity contribution >= 4 is 11.6 Å². The minimum absolute atomic E-state index is 0.0417. The van der Waals surface area contributed by atoms with Gasteiger partial charge >= 0.3 is 0 Å². The Morgan fingerprint density at radius 1 is 1.15 bits per heavy atom. The van der Waals surface area contributed by atoms with Gasteiger partial charge in [-0.05, 0) is 58.2 Å². The number of nitroso groups, excluding NO2 is 1. The zero-order valence-electron chi connectivity index (χ0n) is 12.7. The molecule has 0 radical (unpaired) electrons. The second kappa shape index (κ2) is 5.45. The van der Waals surface area contributed by atoms with Gasteiger partial charge in [-0.2, -0.15) is 4.91 Å². The Kier molecular flexibility index (Phi) is 4.22. The van der Waals surface area contributed by atoms with Crippen molar-refractivity contribution in [2.75, 3.05) is 0 Å². The lowest BCUT2D eigenvalue weighted by atomic mass is 9.77.